The van der Waals surface area contributed by atoms with E-state index in [1.165, 1.54) is 6.08 Å². The summed E-state index contributed by atoms with van der Waals surface area (Å²) < 4.78 is 18.3. The van der Waals surface area contributed by atoms with Crippen LogP contribution in [0.25, 0.3) is 6.08 Å². The molecule has 1 saturated heterocycles. The second kappa shape index (κ2) is 13.8. The molecule has 2 aliphatic heterocycles. The Labute approximate surface area is 241 Å². The molecule has 0 unspecified atom stereocenters. The Morgan fingerprint density at radius 1 is 1.02 bits per heavy atom. The van der Waals surface area contributed by atoms with E-state index in [1.807, 2.05) is 30.3 Å². The van der Waals surface area contributed by atoms with Crippen molar-refractivity contribution in [1.82, 2.24) is 0 Å². The molecule has 12 nitrogen and oxygen atoms in total. The fourth-order valence-electron chi connectivity index (χ4n) is 4.98. The number of aliphatic hydroxyl groups is 4. The lowest BCUT2D eigenvalue weighted by molar-refractivity contribution is -0.710. The van der Waals surface area contributed by atoms with E-state index in [2.05, 4.69) is 6.58 Å². The number of pyridine rings is 1. The van der Waals surface area contributed by atoms with Crippen LogP contribution in [0.4, 0.5) is 0 Å². The van der Waals surface area contributed by atoms with Gasteiger partial charge in [-0.25, -0.2) is 9.59 Å². The molecule has 0 saturated carbocycles. The van der Waals surface area contributed by atoms with Gasteiger partial charge >= 0.3 is 11.9 Å². The number of carbonyl (C=O) groups is 2. The van der Waals surface area contributed by atoms with Crippen LogP contribution in [-0.2, 0) is 30.2 Å². The summed E-state index contributed by atoms with van der Waals surface area (Å²) in [6.45, 7) is 3.13. The highest BCUT2D eigenvalue weighted by atomic mass is 16.8. The van der Waals surface area contributed by atoms with E-state index in [4.69, 9.17) is 14.2 Å². The highest BCUT2D eigenvalue weighted by Crippen LogP contribution is 2.36. The van der Waals surface area contributed by atoms with Gasteiger partial charge in [0.05, 0.1) is 24.4 Å². The zero-order valence-corrected chi connectivity index (χ0v) is 22.5. The summed E-state index contributed by atoms with van der Waals surface area (Å²) in [5.74, 6) is -3.91. The number of hydrogen-bond acceptors (Lipinski definition) is 9. The van der Waals surface area contributed by atoms with Crippen LogP contribution in [0.3, 0.4) is 0 Å². The van der Waals surface area contributed by atoms with Gasteiger partial charge in [-0.3, -0.25) is 0 Å². The normalized spacial score (nSPS) is 30.2. The van der Waals surface area contributed by atoms with Gasteiger partial charge in [-0.1, -0.05) is 48.6 Å². The Morgan fingerprint density at radius 3 is 2.40 bits per heavy atom. The lowest BCUT2D eigenvalue weighted by Gasteiger charge is -2.42. The Kier molecular flexibility index (Phi) is 10.2. The Morgan fingerprint density at radius 2 is 1.76 bits per heavy atom. The fraction of sp³-hybridized carbons (Fsp3) is 0.367. The molecule has 4 rings (SSSR count). The van der Waals surface area contributed by atoms with E-state index < -0.39 is 73.4 Å². The summed E-state index contributed by atoms with van der Waals surface area (Å²) in [6.07, 6.45) is 0.356. The number of nitrogens with zero attached hydrogens (tertiary/aromatic N) is 1. The summed E-state index contributed by atoms with van der Waals surface area (Å²) in [7, 11) is 0. The largest absolute Gasteiger partial charge is 0.478 e. The highest BCUT2D eigenvalue weighted by molar-refractivity contribution is 5.88. The summed E-state index contributed by atoms with van der Waals surface area (Å²) in [6, 6.07) is 11.8. The lowest BCUT2D eigenvalue weighted by atomic mass is 9.83. The summed E-state index contributed by atoms with van der Waals surface area (Å²) in [5, 5.41) is 59.7. The van der Waals surface area contributed by atoms with Gasteiger partial charge in [0, 0.05) is 24.0 Å². The number of hydrogen-bond donors (Lipinski definition) is 6. The van der Waals surface area contributed by atoms with Crippen molar-refractivity contribution >= 4 is 18.0 Å². The molecule has 0 radical (unpaired) electrons. The first kappa shape index (κ1) is 31.0. The molecule has 0 spiro atoms. The minimum Gasteiger partial charge on any atom is -0.478 e. The zero-order chi connectivity index (χ0) is 30.4. The van der Waals surface area contributed by atoms with Gasteiger partial charge < -0.3 is 44.8 Å². The number of carboxylic acids is 2. The van der Waals surface area contributed by atoms with Gasteiger partial charge in [-0.2, -0.15) is 4.57 Å². The van der Waals surface area contributed by atoms with Crippen LogP contribution in [0.15, 0.2) is 85.4 Å². The monoisotopic (exact) mass is 584 g/mol. The average molecular weight is 585 g/mol. The summed E-state index contributed by atoms with van der Waals surface area (Å²) >= 11 is 0. The van der Waals surface area contributed by atoms with Crippen LogP contribution in [0.5, 0.6) is 0 Å². The van der Waals surface area contributed by atoms with Crippen molar-refractivity contribution in [2.45, 2.75) is 49.5 Å². The van der Waals surface area contributed by atoms with Crippen LogP contribution in [0, 0.1) is 11.8 Å². The third-order valence-electron chi connectivity index (χ3n) is 7.31. The lowest BCUT2D eigenvalue weighted by Crippen LogP contribution is -2.60. The Balaban J connectivity index is 1.57. The summed E-state index contributed by atoms with van der Waals surface area (Å²) in [5.41, 5.74) is 1.35. The average Bonchev–Trinajstić information content (AvgIpc) is 2.99. The van der Waals surface area contributed by atoms with E-state index in [0.717, 1.165) is 11.8 Å². The molecule has 1 aromatic heterocycles. The van der Waals surface area contributed by atoms with Gasteiger partial charge in [0.1, 0.15) is 24.4 Å². The molecule has 1 aromatic carbocycles. The molecule has 0 aliphatic carbocycles. The van der Waals surface area contributed by atoms with E-state index in [9.17, 15) is 40.2 Å². The minimum absolute atomic E-state index is 0.110. The van der Waals surface area contributed by atoms with Gasteiger partial charge in [0.2, 0.25) is 6.29 Å². The second-order valence-electron chi connectivity index (χ2n) is 10.0. The quantitative estimate of drug-likeness (QED) is 0.159. The van der Waals surface area contributed by atoms with E-state index >= 15 is 0 Å². The number of aromatic nitrogens is 1. The number of ether oxygens (including phenoxy) is 3. The van der Waals surface area contributed by atoms with E-state index in [1.54, 1.807) is 41.2 Å². The van der Waals surface area contributed by atoms with Crippen molar-refractivity contribution in [2.75, 3.05) is 6.61 Å². The maximum Gasteiger partial charge on any atom is 0.373 e. The maximum absolute atomic E-state index is 12.1. The van der Waals surface area contributed by atoms with Crippen LogP contribution in [0.2, 0.25) is 0 Å². The minimum atomic E-state index is -1.69. The van der Waals surface area contributed by atoms with Crippen molar-refractivity contribution in [2.24, 2.45) is 11.8 Å². The first-order valence-corrected chi connectivity index (χ1v) is 13.3. The first-order valence-electron chi connectivity index (χ1n) is 13.3. The second-order valence-corrected chi connectivity index (χ2v) is 10.0. The Bertz CT molecular complexity index is 1310. The molecule has 9 atom stereocenters. The Hall–Kier alpha value is -3.91. The van der Waals surface area contributed by atoms with Crippen molar-refractivity contribution < 1.29 is 59.0 Å². The van der Waals surface area contributed by atoms with E-state index in [0.29, 0.717) is 5.56 Å². The topological polar surface area (TPSA) is 187 Å². The van der Waals surface area contributed by atoms with Crippen LogP contribution in [-0.4, -0.2) is 86.2 Å². The van der Waals surface area contributed by atoms with Crippen LogP contribution >= 0.6 is 0 Å². The molecule has 6 N–H and O–H groups in total. The SMILES string of the molecule is C=C[C@H]1[C@H](O[C@@H]2O[C@H](CO)[C@@H](O)[C@H](O)[C@H]2O)OC=C(C(=O)O)[C@H]1/C=C/c1ccc[n+]([C@H](Cc2ccccc2)C(=O)O)c1. The third kappa shape index (κ3) is 6.93. The van der Waals surface area contributed by atoms with Crippen LogP contribution < -0.4 is 4.57 Å². The van der Waals surface area contributed by atoms with Crippen molar-refractivity contribution in [3.63, 3.8) is 0 Å². The fourth-order valence-corrected chi connectivity index (χ4v) is 4.98. The van der Waals surface area contributed by atoms with Gasteiger partial charge in [0.15, 0.2) is 18.7 Å². The molecule has 12 heteroatoms. The standard InChI is InChI=1S/C30H33NO11/c1-2-19-20(11-10-18-9-6-12-31(14-18)22(28(38)39)13-17-7-4-3-5-8-17)21(27(36)37)16-40-29(19)42-30-26(35)25(34)24(33)23(15-32)41-30/h2-12,14,16,19-20,22-26,29-30,32-35H,1,13,15H2,(H-,36,37,38,39)/p+1/b11-10+/t19-,20+,22-,23-,24-,25+,26-,29+,30+/m1/s1. The smallest absolute Gasteiger partial charge is 0.373 e. The molecule has 42 heavy (non-hydrogen) atoms. The van der Waals surface area contributed by atoms with Gasteiger partial charge in [-0.15, -0.1) is 6.58 Å². The van der Waals surface area contributed by atoms with Gasteiger partial charge in [0.25, 0.3) is 6.04 Å². The number of rotatable bonds is 11. The summed E-state index contributed by atoms with van der Waals surface area (Å²) in [4.78, 5) is 24.2. The molecule has 2 aromatic rings. The molecule has 0 bridgehead atoms. The molecule has 3 heterocycles. The van der Waals surface area contributed by atoms with Crippen molar-refractivity contribution in [3.8, 4) is 0 Å². The number of carboxylic acid groups (broad SMARTS) is 2. The molecular formula is C30H34NO11+. The maximum atomic E-state index is 12.1. The van der Waals surface area contributed by atoms with Crippen molar-refractivity contribution in [3.05, 3.63) is 96.6 Å². The predicted octanol–water partition coefficient (Wildman–Crippen LogP) is 0.415. The number of benzene rings is 1. The highest BCUT2D eigenvalue weighted by Gasteiger charge is 2.47. The number of aliphatic hydroxyl groups excluding tert-OH is 4. The number of allylic oxidation sites excluding steroid dienone is 1. The van der Waals surface area contributed by atoms with Crippen molar-refractivity contribution in [1.29, 1.82) is 0 Å². The molecule has 2 aliphatic rings. The molecule has 224 valence electrons. The zero-order valence-electron chi connectivity index (χ0n) is 22.5. The molecular weight excluding hydrogens is 550 g/mol. The molecule has 0 amide bonds. The van der Waals surface area contributed by atoms with Gasteiger partial charge in [-0.05, 0) is 11.6 Å². The molecule has 1 fully saturated rings. The van der Waals surface area contributed by atoms with Crippen LogP contribution in [0.1, 0.15) is 17.2 Å². The van der Waals surface area contributed by atoms with E-state index in [-0.39, 0.29) is 12.0 Å². The predicted molar refractivity (Wildman–Crippen MR) is 145 cm³/mol. The first-order chi connectivity index (χ1) is 20.1. The number of aliphatic carboxylic acids is 2. The third-order valence-corrected chi connectivity index (χ3v) is 7.31.